The summed E-state index contributed by atoms with van der Waals surface area (Å²) in [5.74, 6) is 0.578. The second kappa shape index (κ2) is 9.36. The van der Waals surface area contributed by atoms with Crippen LogP contribution in [0.5, 0.6) is 0 Å². The van der Waals surface area contributed by atoms with Gasteiger partial charge in [-0.1, -0.05) is 39.0 Å². The van der Waals surface area contributed by atoms with Crippen LogP contribution in [0.1, 0.15) is 55.8 Å². The minimum Gasteiger partial charge on any atom is -0.372 e. The summed E-state index contributed by atoms with van der Waals surface area (Å²) in [7, 11) is 1.77. The van der Waals surface area contributed by atoms with E-state index < -0.39 is 0 Å². The summed E-state index contributed by atoms with van der Waals surface area (Å²) in [5.41, 5.74) is 0.607. The standard InChI is InChI=1S/C15H25N3O/c1-3-4-5-6-7-8-11-18-15(19)13-10-9-12-17-14(13)16-2/h9-10,12H,3-8,11H2,1-2H3,(H,16,17)(H,18,19). The number of nitrogens with zero attached hydrogens (tertiary/aromatic N) is 1. The van der Waals surface area contributed by atoms with Gasteiger partial charge in [-0.15, -0.1) is 0 Å². The van der Waals surface area contributed by atoms with Gasteiger partial charge in [0.15, 0.2) is 0 Å². The molecule has 0 atom stereocenters. The Bertz CT molecular complexity index is 379. The first-order valence-corrected chi connectivity index (χ1v) is 7.20. The van der Waals surface area contributed by atoms with Crippen LogP contribution in [0, 0.1) is 0 Å². The van der Waals surface area contributed by atoms with Gasteiger partial charge in [-0.3, -0.25) is 4.79 Å². The molecule has 1 rings (SSSR count). The van der Waals surface area contributed by atoms with E-state index in [0.717, 1.165) is 13.0 Å². The third-order valence-corrected chi connectivity index (χ3v) is 3.11. The first-order valence-electron chi connectivity index (χ1n) is 7.20. The topological polar surface area (TPSA) is 54.0 Å². The fourth-order valence-corrected chi connectivity index (χ4v) is 1.99. The molecule has 0 radical (unpaired) electrons. The van der Waals surface area contributed by atoms with Crippen molar-refractivity contribution in [1.29, 1.82) is 0 Å². The van der Waals surface area contributed by atoms with E-state index in [2.05, 4.69) is 22.5 Å². The van der Waals surface area contributed by atoms with Crippen LogP contribution in [-0.2, 0) is 0 Å². The van der Waals surface area contributed by atoms with E-state index in [4.69, 9.17) is 0 Å². The normalized spacial score (nSPS) is 10.2. The molecule has 0 fully saturated rings. The summed E-state index contributed by atoms with van der Waals surface area (Å²) in [6.45, 7) is 2.95. The predicted octanol–water partition coefficient (Wildman–Crippen LogP) is 3.21. The van der Waals surface area contributed by atoms with Crippen molar-refractivity contribution >= 4 is 11.7 Å². The summed E-state index contributed by atoms with van der Waals surface area (Å²) < 4.78 is 0. The summed E-state index contributed by atoms with van der Waals surface area (Å²) in [6, 6.07) is 3.57. The Morgan fingerprint density at radius 3 is 2.68 bits per heavy atom. The molecule has 1 amide bonds. The highest BCUT2D eigenvalue weighted by Crippen LogP contribution is 2.10. The molecule has 106 valence electrons. The Balaban J connectivity index is 2.24. The molecule has 4 heteroatoms. The molecule has 1 aromatic heterocycles. The highest BCUT2D eigenvalue weighted by Gasteiger charge is 2.09. The molecule has 0 unspecified atom stereocenters. The minimum atomic E-state index is -0.0500. The van der Waals surface area contributed by atoms with Gasteiger partial charge in [0.25, 0.3) is 5.91 Å². The Hall–Kier alpha value is -1.58. The molecule has 0 aliphatic rings. The first kappa shape index (κ1) is 15.5. The molecular formula is C15H25N3O. The predicted molar refractivity (Wildman–Crippen MR) is 79.5 cm³/mol. The lowest BCUT2D eigenvalue weighted by atomic mass is 10.1. The van der Waals surface area contributed by atoms with E-state index in [1.807, 2.05) is 0 Å². The van der Waals surface area contributed by atoms with Crippen molar-refractivity contribution in [2.75, 3.05) is 18.9 Å². The molecular weight excluding hydrogens is 238 g/mol. The first-order chi connectivity index (χ1) is 9.29. The van der Waals surface area contributed by atoms with Gasteiger partial charge < -0.3 is 10.6 Å². The van der Waals surface area contributed by atoms with Crippen LogP contribution in [0.15, 0.2) is 18.3 Å². The molecule has 0 saturated carbocycles. The van der Waals surface area contributed by atoms with E-state index in [9.17, 15) is 4.79 Å². The van der Waals surface area contributed by atoms with Crippen molar-refractivity contribution in [2.45, 2.75) is 45.4 Å². The van der Waals surface area contributed by atoms with Crippen LogP contribution in [0.3, 0.4) is 0 Å². The van der Waals surface area contributed by atoms with Crippen LogP contribution >= 0.6 is 0 Å². The van der Waals surface area contributed by atoms with E-state index in [-0.39, 0.29) is 5.91 Å². The maximum atomic E-state index is 12.0. The van der Waals surface area contributed by atoms with Crippen LogP contribution in [0.2, 0.25) is 0 Å². The number of amides is 1. The molecule has 4 nitrogen and oxygen atoms in total. The number of aromatic nitrogens is 1. The Morgan fingerprint density at radius 2 is 1.95 bits per heavy atom. The van der Waals surface area contributed by atoms with Gasteiger partial charge in [-0.2, -0.15) is 0 Å². The van der Waals surface area contributed by atoms with E-state index in [0.29, 0.717) is 11.4 Å². The zero-order valence-corrected chi connectivity index (χ0v) is 12.0. The Morgan fingerprint density at radius 1 is 1.21 bits per heavy atom. The SMILES string of the molecule is CCCCCCCCNC(=O)c1cccnc1NC. The molecule has 0 saturated heterocycles. The largest absolute Gasteiger partial charge is 0.372 e. The van der Waals surface area contributed by atoms with Gasteiger partial charge in [0.2, 0.25) is 0 Å². The van der Waals surface area contributed by atoms with Crippen LogP contribution < -0.4 is 10.6 Å². The highest BCUT2D eigenvalue weighted by atomic mass is 16.1. The number of anilines is 1. The molecule has 0 spiro atoms. The highest BCUT2D eigenvalue weighted by molar-refractivity contribution is 5.98. The van der Waals surface area contributed by atoms with Gasteiger partial charge in [-0.05, 0) is 18.6 Å². The molecule has 0 aliphatic heterocycles. The Labute approximate surface area is 116 Å². The second-order valence-corrected chi connectivity index (χ2v) is 4.67. The fourth-order valence-electron chi connectivity index (χ4n) is 1.99. The third kappa shape index (κ3) is 5.73. The summed E-state index contributed by atoms with van der Waals surface area (Å²) in [6.07, 6.45) is 9.06. The van der Waals surface area contributed by atoms with Crippen LogP contribution in [0.4, 0.5) is 5.82 Å². The van der Waals surface area contributed by atoms with E-state index in [1.165, 1.54) is 32.1 Å². The van der Waals surface area contributed by atoms with E-state index in [1.54, 1.807) is 25.4 Å². The van der Waals surface area contributed by atoms with Gasteiger partial charge in [0.05, 0.1) is 5.56 Å². The zero-order chi connectivity index (χ0) is 13.9. The van der Waals surface area contributed by atoms with Crippen molar-refractivity contribution in [3.8, 4) is 0 Å². The minimum absolute atomic E-state index is 0.0500. The number of rotatable bonds is 9. The molecule has 19 heavy (non-hydrogen) atoms. The van der Waals surface area contributed by atoms with Gasteiger partial charge in [-0.25, -0.2) is 4.98 Å². The lowest BCUT2D eigenvalue weighted by Crippen LogP contribution is -2.25. The molecule has 2 N–H and O–H groups in total. The van der Waals surface area contributed by atoms with Crippen LogP contribution in [-0.4, -0.2) is 24.5 Å². The van der Waals surface area contributed by atoms with Gasteiger partial charge >= 0.3 is 0 Å². The Kier molecular flexibility index (Phi) is 7.63. The smallest absolute Gasteiger partial charge is 0.255 e. The lowest BCUT2D eigenvalue weighted by molar-refractivity contribution is 0.0953. The van der Waals surface area contributed by atoms with Gasteiger partial charge in [0, 0.05) is 19.8 Å². The van der Waals surface area contributed by atoms with Crippen molar-refractivity contribution < 1.29 is 4.79 Å². The van der Waals surface area contributed by atoms with E-state index >= 15 is 0 Å². The maximum absolute atomic E-state index is 12.0. The van der Waals surface area contributed by atoms with Crippen molar-refractivity contribution in [3.05, 3.63) is 23.9 Å². The molecule has 1 aromatic rings. The molecule has 1 heterocycles. The lowest BCUT2D eigenvalue weighted by Gasteiger charge is -2.08. The van der Waals surface area contributed by atoms with Crippen molar-refractivity contribution in [2.24, 2.45) is 0 Å². The monoisotopic (exact) mass is 263 g/mol. The average molecular weight is 263 g/mol. The van der Waals surface area contributed by atoms with Crippen LogP contribution in [0.25, 0.3) is 0 Å². The third-order valence-electron chi connectivity index (χ3n) is 3.11. The number of hydrogen-bond acceptors (Lipinski definition) is 3. The van der Waals surface area contributed by atoms with Crippen molar-refractivity contribution in [3.63, 3.8) is 0 Å². The number of pyridine rings is 1. The number of unbranched alkanes of at least 4 members (excludes halogenated alkanes) is 5. The molecule has 0 aliphatic carbocycles. The summed E-state index contributed by atoms with van der Waals surface area (Å²) >= 11 is 0. The fraction of sp³-hybridized carbons (Fsp3) is 0.600. The number of carbonyl (C=O) groups is 1. The van der Waals surface area contributed by atoms with Gasteiger partial charge in [0.1, 0.15) is 5.82 Å². The average Bonchev–Trinajstić information content (AvgIpc) is 2.46. The summed E-state index contributed by atoms with van der Waals surface area (Å²) in [4.78, 5) is 16.1. The maximum Gasteiger partial charge on any atom is 0.255 e. The molecule has 0 bridgehead atoms. The second-order valence-electron chi connectivity index (χ2n) is 4.67. The molecule has 0 aromatic carbocycles. The number of nitrogens with one attached hydrogen (secondary N) is 2. The summed E-state index contributed by atoms with van der Waals surface area (Å²) in [5, 5.41) is 5.87. The quantitative estimate of drug-likeness (QED) is 0.673. The van der Waals surface area contributed by atoms with Crippen molar-refractivity contribution in [1.82, 2.24) is 10.3 Å². The zero-order valence-electron chi connectivity index (χ0n) is 12.0. The number of carbonyl (C=O) groups excluding carboxylic acids is 1. The number of hydrogen-bond donors (Lipinski definition) is 2.